The van der Waals surface area contributed by atoms with Crippen molar-refractivity contribution in [3.05, 3.63) is 29.8 Å². The van der Waals surface area contributed by atoms with Crippen molar-refractivity contribution in [3.63, 3.8) is 0 Å². The summed E-state index contributed by atoms with van der Waals surface area (Å²) in [7, 11) is 1.61. The molecule has 4 bridgehead atoms. The van der Waals surface area contributed by atoms with Gasteiger partial charge in [-0.2, -0.15) is 4.89 Å². The van der Waals surface area contributed by atoms with E-state index in [1.165, 1.54) is 13.3 Å². The van der Waals surface area contributed by atoms with Crippen LogP contribution >= 0.6 is 0 Å². The van der Waals surface area contributed by atoms with E-state index in [4.69, 9.17) is 24.0 Å². The standard InChI is InChI=1S/C31H43NO10.Na/c1-16-14-29(28(36)37,40-27(17(2)25(35)15-33)26(16)32-18(3)34)39-24-7-5-6-21(13-24)31(38-4)30(41-42-31)22-9-19-8-20(11-22)12-23(30)10-19;/h5-7,13,16-17,19-20,22-23,25-27,33,35H,8-12,14-15H2,1-4H3,(H,32,34)(H,36,37);/q;+1/p-1/t16?,17-,19?,20?,22?,23?,25-,26?,27?,29?,30?,31?;/m1./s1. The van der Waals surface area contributed by atoms with Crippen LogP contribution in [-0.4, -0.2) is 65.4 Å². The number of carboxylic acid groups (broad SMARTS) is 1. The van der Waals surface area contributed by atoms with E-state index in [2.05, 4.69) is 5.32 Å². The van der Waals surface area contributed by atoms with Crippen molar-refractivity contribution in [2.75, 3.05) is 13.7 Å². The van der Waals surface area contributed by atoms with Gasteiger partial charge in [-0.05, 0) is 73.8 Å². The summed E-state index contributed by atoms with van der Waals surface area (Å²) >= 11 is 0. The normalized spacial score (nSPS) is 42.4. The third-order valence-corrected chi connectivity index (χ3v) is 10.8. The zero-order chi connectivity index (χ0) is 30.0. The Balaban J connectivity index is 0.00000368. The van der Waals surface area contributed by atoms with Gasteiger partial charge in [0.1, 0.15) is 11.7 Å². The molecule has 232 valence electrons. The minimum Gasteiger partial charge on any atom is -0.543 e. The molecule has 0 aromatic heterocycles. The number of carboxylic acids is 1. The Labute approximate surface area is 274 Å². The van der Waals surface area contributed by atoms with E-state index in [0.29, 0.717) is 29.2 Å². The first-order valence-corrected chi connectivity index (χ1v) is 15.2. The third-order valence-electron chi connectivity index (χ3n) is 10.8. The molecule has 4 aliphatic carbocycles. The zero-order valence-corrected chi connectivity index (χ0v) is 27.6. The Kier molecular flexibility index (Phi) is 9.35. The number of amides is 1. The van der Waals surface area contributed by atoms with Crippen LogP contribution < -0.4 is 44.7 Å². The monoisotopic (exact) mass is 611 g/mol. The molecular formula is C31H42NNaO10. The summed E-state index contributed by atoms with van der Waals surface area (Å²) in [4.78, 5) is 36.7. The molecule has 2 heterocycles. The largest absolute Gasteiger partial charge is 1.00 e. The van der Waals surface area contributed by atoms with E-state index >= 15 is 0 Å². The molecule has 7 atom stereocenters. The molecule has 12 heteroatoms. The summed E-state index contributed by atoms with van der Waals surface area (Å²) in [5, 5.41) is 35.6. The second-order valence-corrected chi connectivity index (χ2v) is 13.4. The van der Waals surface area contributed by atoms with Gasteiger partial charge in [-0.15, -0.1) is 0 Å². The number of ether oxygens (including phenoxy) is 3. The van der Waals surface area contributed by atoms with E-state index in [-0.39, 0.29) is 47.6 Å². The van der Waals surface area contributed by atoms with Gasteiger partial charge in [0.15, 0.2) is 5.60 Å². The van der Waals surface area contributed by atoms with E-state index in [1.54, 1.807) is 39.2 Å². The van der Waals surface area contributed by atoms with Crippen molar-refractivity contribution in [3.8, 4) is 5.75 Å². The van der Waals surface area contributed by atoms with Gasteiger partial charge >= 0.3 is 29.6 Å². The Hall–Kier alpha value is -1.28. The topological polar surface area (TPSA) is 156 Å². The fourth-order valence-corrected chi connectivity index (χ4v) is 9.04. The Bertz CT molecular complexity index is 1180. The van der Waals surface area contributed by atoms with Crippen molar-refractivity contribution in [1.29, 1.82) is 0 Å². The SMILES string of the molecule is COC1(c2cccc(OC3(C(=O)[O-])CC(C)C(NC(C)=O)C([C@H](C)[C@H](O)CO)O3)c2)OOC12C1CC3CC(C1)CC2C3.[Na+]. The molecule has 1 aromatic carbocycles. The number of hydrogen-bond donors (Lipinski definition) is 3. The molecule has 4 saturated carbocycles. The molecule has 43 heavy (non-hydrogen) atoms. The van der Waals surface area contributed by atoms with Crippen molar-refractivity contribution in [1.82, 2.24) is 5.32 Å². The van der Waals surface area contributed by atoms with Crippen LogP contribution in [0.5, 0.6) is 5.75 Å². The first-order chi connectivity index (χ1) is 20.0. The predicted octanol–water partition coefficient (Wildman–Crippen LogP) is -1.61. The molecule has 0 radical (unpaired) electrons. The van der Waals surface area contributed by atoms with Crippen LogP contribution in [0.15, 0.2) is 24.3 Å². The number of methoxy groups -OCH3 is 1. The number of carbonyl (C=O) groups excluding carboxylic acids is 2. The van der Waals surface area contributed by atoms with Crippen LogP contribution in [0.2, 0.25) is 0 Å². The molecule has 1 aromatic rings. The maximum Gasteiger partial charge on any atom is 1.00 e. The maximum atomic E-state index is 12.7. The van der Waals surface area contributed by atoms with Crippen LogP contribution in [0.3, 0.4) is 0 Å². The van der Waals surface area contributed by atoms with Crippen LogP contribution in [0.1, 0.15) is 64.9 Å². The molecule has 6 fully saturated rings. The molecule has 2 aliphatic heterocycles. The van der Waals surface area contributed by atoms with E-state index < -0.39 is 59.8 Å². The average Bonchev–Trinajstić information content (AvgIpc) is 2.93. The van der Waals surface area contributed by atoms with Gasteiger partial charge < -0.3 is 39.6 Å². The minimum absolute atomic E-state index is 0. The van der Waals surface area contributed by atoms with Crippen molar-refractivity contribution >= 4 is 11.9 Å². The Morgan fingerprint density at radius 2 is 1.79 bits per heavy atom. The summed E-state index contributed by atoms with van der Waals surface area (Å²) in [5.74, 6) is -4.24. The average molecular weight is 612 g/mol. The zero-order valence-electron chi connectivity index (χ0n) is 25.6. The molecule has 2 saturated heterocycles. The Morgan fingerprint density at radius 1 is 1.14 bits per heavy atom. The van der Waals surface area contributed by atoms with Crippen molar-refractivity contribution in [2.45, 2.75) is 94.7 Å². The van der Waals surface area contributed by atoms with Crippen molar-refractivity contribution in [2.24, 2.45) is 35.5 Å². The fraction of sp³-hybridized carbons (Fsp3) is 0.742. The van der Waals surface area contributed by atoms with Crippen molar-refractivity contribution < 1.29 is 78.5 Å². The van der Waals surface area contributed by atoms with Crippen LogP contribution in [-0.2, 0) is 34.6 Å². The van der Waals surface area contributed by atoms with Gasteiger partial charge in [0.25, 0.3) is 11.6 Å². The quantitative estimate of drug-likeness (QED) is 0.219. The van der Waals surface area contributed by atoms with Gasteiger partial charge in [-0.1, -0.05) is 26.0 Å². The van der Waals surface area contributed by atoms with Gasteiger partial charge in [-0.3, -0.25) is 4.79 Å². The second-order valence-electron chi connectivity index (χ2n) is 13.4. The Morgan fingerprint density at radius 3 is 2.30 bits per heavy atom. The van der Waals surface area contributed by atoms with E-state index in [0.717, 1.165) is 25.7 Å². The fourth-order valence-electron chi connectivity index (χ4n) is 9.04. The summed E-state index contributed by atoms with van der Waals surface area (Å²) in [6.07, 6.45) is 3.25. The van der Waals surface area contributed by atoms with Gasteiger partial charge in [0.2, 0.25) is 5.91 Å². The number of aliphatic hydroxyl groups is 2. The predicted molar refractivity (Wildman–Crippen MR) is 144 cm³/mol. The molecule has 6 aliphatic rings. The van der Waals surface area contributed by atoms with Crippen LogP contribution in [0.25, 0.3) is 0 Å². The molecule has 3 N–H and O–H groups in total. The van der Waals surface area contributed by atoms with Gasteiger partial charge in [0, 0.05) is 31.9 Å². The summed E-state index contributed by atoms with van der Waals surface area (Å²) in [6, 6.07) is 6.34. The van der Waals surface area contributed by atoms with Gasteiger partial charge in [0.05, 0.1) is 24.9 Å². The molecule has 1 spiro atoms. The molecule has 7 rings (SSSR count). The number of carbonyl (C=O) groups is 2. The summed E-state index contributed by atoms with van der Waals surface area (Å²) in [5.41, 5.74) is 0.0395. The molecule has 11 nitrogen and oxygen atoms in total. The van der Waals surface area contributed by atoms with Crippen LogP contribution in [0, 0.1) is 35.5 Å². The number of rotatable bonds is 9. The molecule has 5 unspecified atom stereocenters. The number of nitrogens with one attached hydrogen (secondary N) is 1. The maximum absolute atomic E-state index is 12.7. The third kappa shape index (κ3) is 5.16. The van der Waals surface area contributed by atoms with Crippen LogP contribution in [0.4, 0.5) is 0 Å². The number of aliphatic hydroxyl groups excluding tert-OH is 2. The number of aliphatic carboxylic acids is 1. The van der Waals surface area contributed by atoms with E-state index in [1.807, 2.05) is 6.07 Å². The number of benzene rings is 1. The summed E-state index contributed by atoms with van der Waals surface area (Å²) in [6.45, 7) is 4.20. The number of hydrogen-bond acceptors (Lipinski definition) is 10. The molecular weight excluding hydrogens is 569 g/mol. The summed E-state index contributed by atoms with van der Waals surface area (Å²) < 4.78 is 18.5. The van der Waals surface area contributed by atoms with Gasteiger partial charge in [-0.25, -0.2) is 4.89 Å². The second kappa shape index (κ2) is 12.1. The first kappa shape index (κ1) is 33.1. The molecule has 1 amide bonds. The van der Waals surface area contributed by atoms with E-state index in [9.17, 15) is 24.9 Å². The smallest absolute Gasteiger partial charge is 0.543 e. The minimum atomic E-state index is -2.22. The first-order valence-electron chi connectivity index (χ1n) is 15.2.